The van der Waals surface area contributed by atoms with Gasteiger partial charge in [0.05, 0.1) is 0 Å². The van der Waals surface area contributed by atoms with E-state index in [0.717, 1.165) is 37.9 Å². The van der Waals surface area contributed by atoms with E-state index >= 15 is 0 Å². The number of nitrogens with one attached hydrogen (secondary N) is 1. The first-order valence-electron chi connectivity index (χ1n) is 11.0. The van der Waals surface area contributed by atoms with E-state index in [4.69, 9.17) is 0 Å². The van der Waals surface area contributed by atoms with Crippen LogP contribution in [0, 0.1) is 17.3 Å². The summed E-state index contributed by atoms with van der Waals surface area (Å²) in [6.45, 7) is 6.77. The van der Waals surface area contributed by atoms with Crippen LogP contribution in [0.25, 0.3) is 0 Å². The second kappa shape index (κ2) is 8.72. The Morgan fingerprint density at radius 2 is 2.00 bits per heavy atom. The number of fused-ring (bicyclic) bond motifs is 1. The van der Waals surface area contributed by atoms with Crippen molar-refractivity contribution in [2.24, 2.45) is 11.3 Å². The molecular formula is C22H29FN6O2. The Kier molecular flexibility index (Phi) is 6.02. The molecule has 1 spiro atoms. The quantitative estimate of drug-likeness (QED) is 0.739. The highest BCUT2D eigenvalue weighted by Crippen LogP contribution is 2.41. The molecule has 4 heterocycles. The summed E-state index contributed by atoms with van der Waals surface area (Å²) in [5, 5.41) is 11.3. The van der Waals surface area contributed by atoms with Crippen molar-refractivity contribution in [2.45, 2.75) is 52.5 Å². The molecule has 0 bridgehead atoms. The number of piperidine rings is 1. The lowest BCUT2D eigenvalue weighted by atomic mass is 9.73. The third kappa shape index (κ3) is 4.60. The number of carbonyl (C=O) groups excluding carboxylic acids is 2. The number of amides is 2. The van der Waals surface area contributed by atoms with Crippen molar-refractivity contribution in [1.29, 1.82) is 0 Å². The maximum Gasteiger partial charge on any atom is 0.289 e. The van der Waals surface area contributed by atoms with Gasteiger partial charge in [0, 0.05) is 50.4 Å². The van der Waals surface area contributed by atoms with Crippen LogP contribution in [0.15, 0.2) is 18.3 Å². The SMILES string of the molecule is CC(C)CCNC(=O)c1nnc2n1CC1(CC2)CCN(C(=O)c2ccnc(F)c2)CC1. The van der Waals surface area contributed by atoms with Crippen molar-refractivity contribution in [3.8, 4) is 0 Å². The van der Waals surface area contributed by atoms with Crippen LogP contribution in [0.3, 0.4) is 0 Å². The number of hydrogen-bond acceptors (Lipinski definition) is 5. The summed E-state index contributed by atoms with van der Waals surface area (Å²) in [5.74, 6) is 0.762. The van der Waals surface area contributed by atoms with Gasteiger partial charge in [-0.2, -0.15) is 4.39 Å². The van der Waals surface area contributed by atoms with Crippen LogP contribution < -0.4 is 5.32 Å². The summed E-state index contributed by atoms with van der Waals surface area (Å²) in [6.07, 6.45) is 5.64. The van der Waals surface area contributed by atoms with E-state index in [1.165, 1.54) is 12.3 Å². The molecule has 0 unspecified atom stereocenters. The molecule has 1 fully saturated rings. The van der Waals surface area contributed by atoms with Gasteiger partial charge in [-0.05, 0) is 43.1 Å². The van der Waals surface area contributed by atoms with Crippen molar-refractivity contribution in [3.05, 3.63) is 41.5 Å². The van der Waals surface area contributed by atoms with E-state index < -0.39 is 5.95 Å². The highest BCUT2D eigenvalue weighted by Gasteiger charge is 2.40. The molecule has 0 aliphatic carbocycles. The van der Waals surface area contributed by atoms with Crippen LogP contribution in [0.1, 0.15) is 66.3 Å². The van der Waals surface area contributed by atoms with E-state index in [-0.39, 0.29) is 17.2 Å². The van der Waals surface area contributed by atoms with Crippen LogP contribution in [0.4, 0.5) is 4.39 Å². The lowest BCUT2D eigenvalue weighted by molar-refractivity contribution is 0.0464. The molecule has 0 atom stereocenters. The molecule has 8 nitrogen and oxygen atoms in total. The second-order valence-corrected chi connectivity index (χ2v) is 9.12. The van der Waals surface area contributed by atoms with Crippen molar-refractivity contribution in [1.82, 2.24) is 30.0 Å². The Hall–Kier alpha value is -2.84. The van der Waals surface area contributed by atoms with Crippen LogP contribution in [0.5, 0.6) is 0 Å². The highest BCUT2D eigenvalue weighted by atomic mass is 19.1. The molecule has 31 heavy (non-hydrogen) atoms. The summed E-state index contributed by atoms with van der Waals surface area (Å²) in [6, 6.07) is 2.73. The Balaban J connectivity index is 1.40. The number of carbonyl (C=O) groups is 2. The number of aryl methyl sites for hydroxylation is 1. The fourth-order valence-electron chi connectivity index (χ4n) is 4.51. The van der Waals surface area contributed by atoms with Gasteiger partial charge in [-0.25, -0.2) is 4.98 Å². The minimum Gasteiger partial charge on any atom is -0.349 e. The summed E-state index contributed by atoms with van der Waals surface area (Å²) in [7, 11) is 0. The standard InChI is InChI=1S/C22H29FN6O2/c1-15(2)4-9-25-20(30)19-27-26-18-3-6-22(14-29(18)19)7-11-28(12-8-22)21(31)16-5-10-24-17(23)13-16/h5,10,13,15H,3-4,6-9,11-12,14H2,1-2H3,(H,25,30). The third-order valence-electron chi connectivity index (χ3n) is 6.50. The van der Waals surface area contributed by atoms with Crippen molar-refractivity contribution < 1.29 is 14.0 Å². The Morgan fingerprint density at radius 3 is 2.71 bits per heavy atom. The van der Waals surface area contributed by atoms with Crippen LogP contribution in [-0.4, -0.2) is 56.1 Å². The summed E-state index contributed by atoms with van der Waals surface area (Å²) < 4.78 is 15.3. The summed E-state index contributed by atoms with van der Waals surface area (Å²) >= 11 is 0. The first-order valence-corrected chi connectivity index (χ1v) is 11.0. The third-order valence-corrected chi connectivity index (χ3v) is 6.50. The van der Waals surface area contributed by atoms with Crippen molar-refractivity contribution in [3.63, 3.8) is 0 Å². The van der Waals surface area contributed by atoms with Gasteiger partial charge in [0.15, 0.2) is 0 Å². The second-order valence-electron chi connectivity index (χ2n) is 9.12. The zero-order valence-corrected chi connectivity index (χ0v) is 18.1. The number of rotatable bonds is 5. The van der Waals surface area contributed by atoms with Gasteiger partial charge in [-0.15, -0.1) is 10.2 Å². The van der Waals surface area contributed by atoms with Gasteiger partial charge in [0.2, 0.25) is 11.8 Å². The molecule has 4 rings (SSSR count). The lowest BCUT2D eigenvalue weighted by Crippen LogP contribution is -2.47. The predicted molar refractivity (Wildman–Crippen MR) is 112 cm³/mol. The molecule has 0 saturated carbocycles. The van der Waals surface area contributed by atoms with Crippen molar-refractivity contribution in [2.75, 3.05) is 19.6 Å². The van der Waals surface area contributed by atoms with E-state index in [2.05, 4.69) is 34.3 Å². The number of likely N-dealkylation sites (tertiary alicyclic amines) is 1. The predicted octanol–water partition coefficient (Wildman–Crippen LogP) is 2.46. The Bertz CT molecular complexity index is 965. The van der Waals surface area contributed by atoms with Crippen molar-refractivity contribution >= 4 is 11.8 Å². The summed E-state index contributed by atoms with van der Waals surface area (Å²) in [4.78, 5) is 30.7. The number of nitrogens with zero attached hydrogens (tertiary/aromatic N) is 5. The first kappa shape index (κ1) is 21.4. The van der Waals surface area contributed by atoms with Gasteiger partial charge >= 0.3 is 0 Å². The molecule has 2 aromatic rings. The highest BCUT2D eigenvalue weighted by molar-refractivity contribution is 5.94. The molecule has 166 valence electrons. The molecule has 2 aliphatic heterocycles. The number of aromatic nitrogens is 4. The summed E-state index contributed by atoms with van der Waals surface area (Å²) in [5.41, 5.74) is 0.344. The Labute approximate surface area is 181 Å². The maximum atomic E-state index is 13.4. The largest absolute Gasteiger partial charge is 0.349 e. The molecular weight excluding hydrogens is 399 g/mol. The van der Waals surface area contributed by atoms with E-state index in [1.54, 1.807) is 11.0 Å². The maximum absolute atomic E-state index is 13.4. The Morgan fingerprint density at radius 1 is 1.23 bits per heavy atom. The number of hydrogen-bond donors (Lipinski definition) is 1. The average Bonchev–Trinajstić information content (AvgIpc) is 3.16. The van der Waals surface area contributed by atoms with E-state index in [9.17, 15) is 14.0 Å². The minimum atomic E-state index is -0.647. The first-order chi connectivity index (χ1) is 14.9. The zero-order valence-electron chi connectivity index (χ0n) is 18.1. The molecule has 9 heteroatoms. The number of pyridine rings is 1. The normalized spacial score (nSPS) is 17.6. The fourth-order valence-corrected chi connectivity index (χ4v) is 4.51. The van der Waals surface area contributed by atoms with E-state index in [0.29, 0.717) is 43.5 Å². The zero-order chi connectivity index (χ0) is 22.0. The minimum absolute atomic E-state index is 0.0165. The topological polar surface area (TPSA) is 93.0 Å². The van der Waals surface area contributed by atoms with Gasteiger partial charge in [0.25, 0.3) is 11.8 Å². The average molecular weight is 429 g/mol. The van der Waals surface area contributed by atoms with Gasteiger partial charge in [-0.3, -0.25) is 9.59 Å². The van der Waals surface area contributed by atoms with Gasteiger partial charge in [0.1, 0.15) is 5.82 Å². The van der Waals surface area contributed by atoms with Crippen LogP contribution in [0.2, 0.25) is 0 Å². The monoisotopic (exact) mass is 428 g/mol. The van der Waals surface area contributed by atoms with Gasteiger partial charge < -0.3 is 14.8 Å². The molecule has 2 aliphatic rings. The molecule has 1 N–H and O–H groups in total. The molecule has 2 amide bonds. The molecule has 0 aromatic carbocycles. The molecule has 2 aromatic heterocycles. The van der Waals surface area contributed by atoms with E-state index in [1.807, 2.05) is 4.57 Å². The molecule has 1 saturated heterocycles. The van der Waals surface area contributed by atoms with Crippen LogP contribution >= 0.6 is 0 Å². The fraction of sp³-hybridized carbons (Fsp3) is 0.591. The lowest BCUT2D eigenvalue weighted by Gasteiger charge is -2.44. The molecule has 0 radical (unpaired) electrons. The smallest absolute Gasteiger partial charge is 0.289 e. The number of halogens is 1. The van der Waals surface area contributed by atoms with Gasteiger partial charge in [-0.1, -0.05) is 13.8 Å². The van der Waals surface area contributed by atoms with Crippen LogP contribution in [-0.2, 0) is 13.0 Å².